The highest BCUT2D eigenvalue weighted by molar-refractivity contribution is 6.34. The van der Waals surface area contributed by atoms with Gasteiger partial charge in [-0.25, -0.2) is 4.79 Å². The zero-order valence-corrected chi connectivity index (χ0v) is 13.4. The first-order valence-corrected chi connectivity index (χ1v) is 7.42. The Bertz CT molecular complexity index is 536. The van der Waals surface area contributed by atoms with E-state index >= 15 is 0 Å². The number of likely N-dealkylation sites (tertiary alicyclic amines) is 1. The summed E-state index contributed by atoms with van der Waals surface area (Å²) in [6.07, 6.45) is 0.999. The van der Waals surface area contributed by atoms with E-state index in [9.17, 15) is 4.79 Å². The van der Waals surface area contributed by atoms with Crippen LogP contribution in [0, 0.1) is 5.92 Å². The van der Waals surface area contributed by atoms with E-state index in [0.717, 1.165) is 19.5 Å². The van der Waals surface area contributed by atoms with Crippen LogP contribution in [0.4, 0.5) is 11.4 Å². The lowest BCUT2D eigenvalue weighted by molar-refractivity contribution is 0.0601. The van der Waals surface area contributed by atoms with Gasteiger partial charge in [0.1, 0.15) is 0 Å². The summed E-state index contributed by atoms with van der Waals surface area (Å²) >= 11 is 6.27. The minimum atomic E-state index is -0.438. The number of methoxy groups -OCH3 is 1. The van der Waals surface area contributed by atoms with Crippen LogP contribution >= 0.6 is 11.6 Å². The van der Waals surface area contributed by atoms with Crippen LogP contribution in [-0.4, -0.2) is 44.2 Å². The van der Waals surface area contributed by atoms with Crippen molar-refractivity contribution in [2.75, 3.05) is 38.3 Å². The lowest BCUT2D eigenvalue weighted by Crippen LogP contribution is -2.43. The fraction of sp³-hybridized carbons (Fsp3) is 0.533. The van der Waals surface area contributed by atoms with E-state index < -0.39 is 5.97 Å². The average molecular weight is 312 g/mol. The van der Waals surface area contributed by atoms with Crippen LogP contribution in [0.5, 0.6) is 0 Å². The molecule has 1 aromatic rings. The van der Waals surface area contributed by atoms with E-state index in [1.807, 2.05) is 0 Å². The van der Waals surface area contributed by atoms with Gasteiger partial charge in [-0.2, -0.15) is 0 Å². The maximum absolute atomic E-state index is 11.9. The van der Waals surface area contributed by atoms with Crippen molar-refractivity contribution < 1.29 is 9.53 Å². The van der Waals surface area contributed by atoms with E-state index in [-0.39, 0.29) is 6.04 Å². The Morgan fingerprint density at radius 1 is 1.52 bits per heavy atom. The largest absolute Gasteiger partial charge is 0.465 e. The molecule has 1 aliphatic rings. The Morgan fingerprint density at radius 2 is 2.24 bits per heavy atom. The van der Waals surface area contributed by atoms with Gasteiger partial charge in [-0.1, -0.05) is 18.5 Å². The number of ether oxygens (including phenoxy) is 1. The summed E-state index contributed by atoms with van der Waals surface area (Å²) in [5.41, 5.74) is 7.21. The second-order valence-corrected chi connectivity index (χ2v) is 6.10. The van der Waals surface area contributed by atoms with Crippen molar-refractivity contribution in [2.45, 2.75) is 19.4 Å². The van der Waals surface area contributed by atoms with Gasteiger partial charge in [0.05, 0.1) is 23.4 Å². The number of anilines is 2. The fourth-order valence-electron chi connectivity index (χ4n) is 2.80. The highest BCUT2D eigenvalue weighted by Crippen LogP contribution is 2.32. The lowest BCUT2D eigenvalue weighted by Gasteiger charge is -2.36. The number of carbonyl (C=O) groups excluding carboxylic acids is 1. The molecule has 1 saturated heterocycles. The number of carbonyl (C=O) groups is 1. The fourth-order valence-corrected chi connectivity index (χ4v) is 3.08. The first kappa shape index (κ1) is 15.9. The second-order valence-electron chi connectivity index (χ2n) is 5.70. The normalized spacial score (nSPS) is 22.9. The smallest absolute Gasteiger partial charge is 0.340 e. The molecular weight excluding hydrogens is 290 g/mol. The van der Waals surface area contributed by atoms with Crippen LogP contribution in [0.2, 0.25) is 5.02 Å². The second kappa shape index (κ2) is 6.54. The Balaban J connectivity index is 2.28. The number of piperidine rings is 1. The highest BCUT2D eigenvalue weighted by atomic mass is 35.5. The predicted octanol–water partition coefficient (Wildman–Crippen LogP) is 2.46. The summed E-state index contributed by atoms with van der Waals surface area (Å²) < 4.78 is 4.82. The number of nitrogens with one attached hydrogen (secondary N) is 1. The van der Waals surface area contributed by atoms with Crippen molar-refractivity contribution in [3.8, 4) is 0 Å². The number of benzene rings is 1. The molecule has 1 aliphatic heterocycles. The summed E-state index contributed by atoms with van der Waals surface area (Å²) in [5, 5.41) is 3.86. The molecule has 0 radical (unpaired) electrons. The quantitative estimate of drug-likeness (QED) is 0.663. The van der Waals surface area contributed by atoms with Gasteiger partial charge in [-0.15, -0.1) is 0 Å². The van der Waals surface area contributed by atoms with Crippen LogP contribution in [0.25, 0.3) is 0 Å². The lowest BCUT2D eigenvalue weighted by atomic mass is 9.93. The summed E-state index contributed by atoms with van der Waals surface area (Å²) in [5.74, 6) is 0.0233. The molecular formula is C15H22ClN3O2. The van der Waals surface area contributed by atoms with Crippen LogP contribution in [0.1, 0.15) is 23.7 Å². The van der Waals surface area contributed by atoms with Gasteiger partial charge in [0.15, 0.2) is 0 Å². The van der Waals surface area contributed by atoms with E-state index in [0.29, 0.717) is 27.9 Å². The predicted molar refractivity (Wildman–Crippen MR) is 85.9 cm³/mol. The van der Waals surface area contributed by atoms with Gasteiger partial charge in [-0.05, 0) is 38.1 Å². The van der Waals surface area contributed by atoms with E-state index in [1.54, 1.807) is 12.1 Å². The number of hydrogen-bond donors (Lipinski definition) is 2. The minimum absolute atomic E-state index is 0.269. The zero-order chi connectivity index (χ0) is 15.6. The van der Waals surface area contributed by atoms with Gasteiger partial charge >= 0.3 is 5.97 Å². The number of nitrogens with two attached hydrogens (primary N) is 1. The van der Waals surface area contributed by atoms with Crippen LogP contribution < -0.4 is 11.1 Å². The molecule has 6 heteroatoms. The van der Waals surface area contributed by atoms with Crippen molar-refractivity contribution in [3.63, 3.8) is 0 Å². The highest BCUT2D eigenvalue weighted by Gasteiger charge is 2.26. The van der Waals surface area contributed by atoms with Crippen LogP contribution in [0.15, 0.2) is 12.1 Å². The van der Waals surface area contributed by atoms with E-state index in [1.165, 1.54) is 7.11 Å². The minimum Gasteiger partial charge on any atom is -0.465 e. The third-order valence-corrected chi connectivity index (χ3v) is 4.25. The van der Waals surface area contributed by atoms with Gasteiger partial charge in [-0.3, -0.25) is 0 Å². The molecule has 0 aromatic heterocycles. The maximum atomic E-state index is 11.9. The molecule has 21 heavy (non-hydrogen) atoms. The molecule has 116 valence electrons. The Labute approximate surface area is 130 Å². The number of halogens is 1. The molecule has 0 aliphatic carbocycles. The van der Waals surface area contributed by atoms with Gasteiger partial charge in [0, 0.05) is 18.3 Å². The molecule has 1 fully saturated rings. The third kappa shape index (κ3) is 3.60. The first-order chi connectivity index (χ1) is 9.92. The summed E-state index contributed by atoms with van der Waals surface area (Å²) in [7, 11) is 3.46. The number of nitrogens with zero attached hydrogens (tertiary/aromatic N) is 1. The molecule has 2 atom stereocenters. The Morgan fingerprint density at radius 3 is 2.86 bits per heavy atom. The molecule has 3 N–H and O–H groups in total. The molecule has 0 amide bonds. The van der Waals surface area contributed by atoms with Gasteiger partial charge in [0.25, 0.3) is 0 Å². The Kier molecular flexibility index (Phi) is 4.96. The summed E-state index contributed by atoms with van der Waals surface area (Å²) in [4.78, 5) is 14.2. The van der Waals surface area contributed by atoms with Crippen molar-refractivity contribution in [3.05, 3.63) is 22.7 Å². The van der Waals surface area contributed by atoms with Crippen molar-refractivity contribution in [1.29, 1.82) is 0 Å². The molecule has 1 heterocycles. The van der Waals surface area contributed by atoms with Crippen LogP contribution in [0.3, 0.4) is 0 Å². The van der Waals surface area contributed by atoms with Crippen molar-refractivity contribution in [1.82, 2.24) is 4.90 Å². The van der Waals surface area contributed by atoms with Crippen LogP contribution in [-0.2, 0) is 4.74 Å². The molecule has 2 rings (SSSR count). The summed E-state index contributed by atoms with van der Waals surface area (Å²) in [6.45, 7) is 4.22. The number of nitrogen functional groups attached to an aromatic ring is 1. The molecule has 5 nitrogen and oxygen atoms in total. The third-order valence-electron chi connectivity index (χ3n) is 3.96. The van der Waals surface area contributed by atoms with Crippen molar-refractivity contribution in [2.24, 2.45) is 5.92 Å². The number of hydrogen-bond acceptors (Lipinski definition) is 5. The average Bonchev–Trinajstić information content (AvgIpc) is 2.42. The molecule has 2 unspecified atom stereocenters. The SMILES string of the molecule is COC(=O)c1cc(N)cc(Cl)c1NC1CCN(C)CC1C. The summed E-state index contributed by atoms with van der Waals surface area (Å²) in [6, 6.07) is 3.51. The van der Waals surface area contributed by atoms with Crippen molar-refractivity contribution >= 4 is 28.9 Å². The van der Waals surface area contributed by atoms with E-state index in [4.69, 9.17) is 22.1 Å². The van der Waals surface area contributed by atoms with Gasteiger partial charge < -0.3 is 20.7 Å². The topological polar surface area (TPSA) is 67.6 Å². The number of esters is 1. The number of rotatable bonds is 3. The Hall–Kier alpha value is -1.46. The zero-order valence-electron chi connectivity index (χ0n) is 12.6. The molecule has 0 spiro atoms. The molecule has 0 bridgehead atoms. The molecule has 1 aromatic carbocycles. The standard InChI is InChI=1S/C15H22ClN3O2/c1-9-8-19(2)5-4-13(9)18-14-11(15(20)21-3)6-10(17)7-12(14)16/h6-7,9,13,18H,4-5,8,17H2,1-3H3. The van der Waals surface area contributed by atoms with Gasteiger partial charge in [0.2, 0.25) is 0 Å². The maximum Gasteiger partial charge on any atom is 0.340 e. The monoisotopic (exact) mass is 311 g/mol. The molecule has 0 saturated carbocycles. The van der Waals surface area contributed by atoms with E-state index in [2.05, 4.69) is 24.2 Å². The first-order valence-electron chi connectivity index (χ1n) is 7.04.